The summed E-state index contributed by atoms with van der Waals surface area (Å²) in [6.07, 6.45) is -3.77. The fourth-order valence-corrected chi connectivity index (χ4v) is 1.96. The highest BCUT2D eigenvalue weighted by Crippen LogP contribution is 2.04. The fourth-order valence-electron chi connectivity index (χ4n) is 1.96. The number of aryl methyl sites for hydroxylation is 2. The number of hydrogen-bond acceptors (Lipinski definition) is 4. The summed E-state index contributed by atoms with van der Waals surface area (Å²) in [5.74, 6) is 0. The lowest BCUT2D eigenvalue weighted by molar-refractivity contribution is 0.180. The third kappa shape index (κ3) is 2.53. The van der Waals surface area contributed by atoms with E-state index in [-0.39, 0.29) is 30.6 Å². The van der Waals surface area contributed by atoms with E-state index in [1.54, 1.807) is 0 Å². The molecule has 0 aliphatic heterocycles. The van der Waals surface area contributed by atoms with Crippen molar-refractivity contribution in [3.8, 4) is 0 Å². The predicted octanol–water partition coefficient (Wildman–Crippen LogP) is -0.0152. The van der Waals surface area contributed by atoms with Crippen molar-refractivity contribution in [2.45, 2.75) is 38.8 Å². The van der Waals surface area contributed by atoms with Crippen LogP contribution in [-0.2, 0) is 20.6 Å². The van der Waals surface area contributed by atoms with Crippen molar-refractivity contribution < 1.29 is 13.3 Å². The molecule has 0 radical (unpaired) electrons. The van der Waals surface area contributed by atoms with Crippen molar-refractivity contribution in [1.82, 2.24) is 18.7 Å². The Balaban J connectivity index is 2.55. The highest BCUT2D eigenvalue weighted by Gasteiger charge is 2.14. The number of aromatic nitrogens is 4. The lowest BCUT2D eigenvalue weighted by Gasteiger charge is -2.09. The summed E-state index contributed by atoms with van der Waals surface area (Å²) in [7, 11) is 1.31. The van der Waals surface area contributed by atoms with Gasteiger partial charge in [0.2, 0.25) is 0 Å². The maximum absolute atomic E-state index is 12.7. The molecule has 0 aliphatic rings. The number of aliphatic hydroxyl groups is 1. The first-order chi connectivity index (χ1) is 11.8. The Bertz CT molecular complexity index is 940. The van der Waals surface area contributed by atoms with Crippen molar-refractivity contribution in [2.24, 2.45) is 14.0 Å². The zero-order valence-corrected chi connectivity index (χ0v) is 11.3. The van der Waals surface area contributed by atoms with Crippen LogP contribution in [0.1, 0.15) is 34.4 Å². The van der Waals surface area contributed by atoms with Gasteiger partial charge in [-0.05, 0) is 26.1 Å². The van der Waals surface area contributed by atoms with Gasteiger partial charge < -0.3 is 9.67 Å². The van der Waals surface area contributed by atoms with E-state index in [0.717, 1.165) is 9.13 Å². The normalized spacial score (nSPS) is 18.8. The van der Waals surface area contributed by atoms with Gasteiger partial charge in [0.15, 0.2) is 11.2 Å². The summed E-state index contributed by atoms with van der Waals surface area (Å²) >= 11 is 0. The molecule has 0 saturated heterocycles. The molecule has 0 aliphatic carbocycles. The highest BCUT2D eigenvalue weighted by atomic mass is 16.3. The van der Waals surface area contributed by atoms with E-state index in [1.165, 1.54) is 14.0 Å². The molecule has 0 bridgehead atoms. The molecule has 7 heteroatoms. The summed E-state index contributed by atoms with van der Waals surface area (Å²) < 4.78 is 47.8. The maximum atomic E-state index is 12.7. The molecule has 7 nitrogen and oxygen atoms in total. The maximum Gasteiger partial charge on any atom is 0.332 e. The Morgan fingerprint density at radius 3 is 2.95 bits per heavy atom. The van der Waals surface area contributed by atoms with Crippen LogP contribution in [0.5, 0.6) is 0 Å². The van der Waals surface area contributed by atoms with Crippen LogP contribution in [0.4, 0.5) is 0 Å². The largest absolute Gasteiger partial charge is 0.393 e. The van der Waals surface area contributed by atoms with Crippen molar-refractivity contribution in [3.05, 3.63) is 27.1 Å². The average molecular weight is 286 g/mol. The summed E-state index contributed by atoms with van der Waals surface area (Å²) in [5.41, 5.74) is -2.22. The number of nitrogens with zero attached hydrogens (tertiary/aromatic N) is 4. The Labute approximate surface area is 124 Å². The van der Waals surface area contributed by atoms with E-state index in [9.17, 15) is 14.7 Å². The second-order valence-corrected chi connectivity index (χ2v) is 4.50. The second kappa shape index (κ2) is 5.62. The number of rotatable bonds is 5. The molecule has 1 unspecified atom stereocenters. The lowest BCUT2D eigenvalue weighted by atomic mass is 10.2. The molecule has 1 atom stereocenters. The van der Waals surface area contributed by atoms with Gasteiger partial charge in [-0.1, -0.05) is 0 Å². The van der Waals surface area contributed by atoms with E-state index >= 15 is 0 Å². The molecule has 0 amide bonds. The summed E-state index contributed by atoms with van der Waals surface area (Å²) in [6.45, 7) is -1.67. The van der Waals surface area contributed by atoms with Gasteiger partial charge in [-0.25, -0.2) is 9.78 Å². The molecule has 0 fully saturated rings. The van der Waals surface area contributed by atoms with Crippen LogP contribution in [0, 0.1) is 0 Å². The third-order valence-corrected chi connectivity index (χ3v) is 2.97. The average Bonchev–Trinajstić information content (AvgIpc) is 2.86. The van der Waals surface area contributed by atoms with Crippen molar-refractivity contribution in [2.75, 3.05) is 0 Å². The quantitative estimate of drug-likeness (QED) is 0.838. The van der Waals surface area contributed by atoms with Crippen LogP contribution in [0.15, 0.2) is 15.9 Å². The van der Waals surface area contributed by atoms with E-state index in [1.807, 2.05) is 0 Å². The number of imidazole rings is 1. The molecule has 2 heterocycles. The molecule has 2 aromatic rings. The first-order valence-corrected chi connectivity index (χ1v) is 6.16. The molecular weight excluding hydrogens is 260 g/mol. The Morgan fingerprint density at radius 1 is 1.55 bits per heavy atom. The fraction of sp³-hybridized carbons (Fsp3) is 0.615. The first kappa shape index (κ1) is 8.41. The van der Waals surface area contributed by atoms with Gasteiger partial charge in [0.1, 0.15) is 1.37 Å². The third-order valence-electron chi connectivity index (χ3n) is 2.97. The minimum atomic E-state index is -2.82. The molecule has 2 rings (SSSR count). The van der Waals surface area contributed by atoms with Crippen molar-refractivity contribution in [1.29, 1.82) is 0 Å². The van der Waals surface area contributed by atoms with E-state index in [4.69, 9.17) is 8.22 Å². The van der Waals surface area contributed by atoms with Gasteiger partial charge in [0.25, 0.3) is 5.56 Å². The van der Waals surface area contributed by atoms with E-state index in [0.29, 0.717) is 4.57 Å². The molecule has 1 N–H and O–H groups in total. The van der Waals surface area contributed by atoms with Gasteiger partial charge in [-0.15, -0.1) is 0 Å². The van der Waals surface area contributed by atoms with Crippen LogP contribution < -0.4 is 11.2 Å². The molecule has 0 spiro atoms. The summed E-state index contributed by atoms with van der Waals surface area (Å²) in [5, 5.41) is 9.40. The number of fused-ring (bicyclic) bond motifs is 1. The zero-order chi connectivity index (χ0) is 20.0. The van der Waals surface area contributed by atoms with Crippen LogP contribution in [0.3, 0.4) is 0 Å². The number of hydrogen-bond donors (Lipinski definition) is 1. The molecule has 20 heavy (non-hydrogen) atoms. The molecule has 2 aromatic heterocycles. The molecular formula is C13H20N4O3. The summed E-state index contributed by atoms with van der Waals surface area (Å²) in [4.78, 5) is 28.8. The first-order valence-electron chi connectivity index (χ1n) is 9.16. The van der Waals surface area contributed by atoms with Gasteiger partial charge in [0.05, 0.1) is 12.4 Å². The standard InChI is InChI=1S/C13H20N4O3/c1-9(18)6-4-5-7-17-12(19)10-11(14-8-15(10)2)16(3)13(17)20/h8-9,18H,4-7H2,1-3H3/i2D3,6D2,8D. The number of aliphatic hydroxyl groups excluding tert-OH is 1. The Kier molecular flexibility index (Phi) is 2.36. The highest BCUT2D eigenvalue weighted by molar-refractivity contribution is 5.69. The monoisotopic (exact) mass is 286 g/mol. The minimum absolute atomic E-state index is 0.0776. The van der Waals surface area contributed by atoms with Gasteiger partial charge in [0, 0.05) is 27.4 Å². The predicted molar refractivity (Wildman–Crippen MR) is 75.7 cm³/mol. The Hall–Kier alpha value is -1.89. The smallest absolute Gasteiger partial charge is 0.332 e. The van der Waals surface area contributed by atoms with Crippen LogP contribution in [0.25, 0.3) is 11.2 Å². The van der Waals surface area contributed by atoms with Crippen LogP contribution in [-0.4, -0.2) is 29.9 Å². The second-order valence-electron chi connectivity index (χ2n) is 4.50. The molecule has 110 valence electrons. The SMILES string of the molecule is [2H]c1nc2c(c(=O)n(CCCC([2H])([2H])C(C)O)c(=O)n2C)n1C([2H])([2H])[2H]. The van der Waals surface area contributed by atoms with Crippen molar-refractivity contribution in [3.63, 3.8) is 0 Å². The topological polar surface area (TPSA) is 82.1 Å². The Morgan fingerprint density at radius 2 is 2.30 bits per heavy atom. The van der Waals surface area contributed by atoms with Crippen molar-refractivity contribution >= 4 is 11.2 Å². The van der Waals surface area contributed by atoms with Gasteiger partial charge in [-0.2, -0.15) is 0 Å². The molecule has 0 aromatic carbocycles. The van der Waals surface area contributed by atoms with E-state index < -0.39 is 37.0 Å². The lowest BCUT2D eigenvalue weighted by Crippen LogP contribution is -2.39. The van der Waals surface area contributed by atoms with Gasteiger partial charge >= 0.3 is 5.69 Å². The van der Waals surface area contributed by atoms with Crippen LogP contribution in [0.2, 0.25) is 0 Å². The minimum Gasteiger partial charge on any atom is -0.393 e. The molecule has 0 saturated carbocycles. The van der Waals surface area contributed by atoms with Gasteiger partial charge in [-0.3, -0.25) is 13.9 Å². The summed E-state index contributed by atoms with van der Waals surface area (Å²) in [6, 6.07) is 0. The van der Waals surface area contributed by atoms with E-state index in [2.05, 4.69) is 4.98 Å². The van der Waals surface area contributed by atoms with Crippen LogP contribution >= 0.6 is 0 Å². The zero-order valence-electron chi connectivity index (χ0n) is 17.3.